The van der Waals surface area contributed by atoms with Gasteiger partial charge in [-0.1, -0.05) is 190 Å². The van der Waals surface area contributed by atoms with E-state index in [-0.39, 0.29) is 5.41 Å². The highest BCUT2D eigenvalue weighted by molar-refractivity contribution is 7.26. The molecule has 0 saturated carbocycles. The lowest BCUT2D eigenvalue weighted by molar-refractivity contribution is 0.597. The Labute approximate surface area is 378 Å². The molecule has 0 aliphatic heterocycles. The number of hydrogen-bond acceptors (Lipinski definition) is 2. The molecule has 1 nitrogen and oxygen atoms in total. The summed E-state index contributed by atoms with van der Waals surface area (Å²) in [6.45, 7) is 9.28. The third-order valence-corrected chi connectivity index (χ3v) is 15.5. The van der Waals surface area contributed by atoms with Crippen molar-refractivity contribution in [2.24, 2.45) is 0 Å². The highest BCUT2D eigenvalue weighted by Gasteiger charge is 2.51. The van der Waals surface area contributed by atoms with Gasteiger partial charge in [0.25, 0.3) is 0 Å². The van der Waals surface area contributed by atoms with Crippen LogP contribution in [0.5, 0.6) is 0 Å². The van der Waals surface area contributed by atoms with E-state index in [0.29, 0.717) is 0 Å². The maximum absolute atomic E-state index is 2.54. The zero-order valence-corrected chi connectivity index (χ0v) is 37.2. The maximum atomic E-state index is 2.54. The fourth-order valence-electron chi connectivity index (χ4n) is 11.4. The topological polar surface area (TPSA) is 3.24 Å². The molecule has 304 valence electrons. The van der Waals surface area contributed by atoms with E-state index in [1.807, 2.05) is 11.3 Å². The first-order valence-corrected chi connectivity index (χ1v) is 23.3. The van der Waals surface area contributed by atoms with E-state index in [4.69, 9.17) is 0 Å². The summed E-state index contributed by atoms with van der Waals surface area (Å²) < 4.78 is 2.67. The summed E-state index contributed by atoms with van der Waals surface area (Å²) >= 11 is 1.96. The zero-order valence-electron chi connectivity index (χ0n) is 36.4. The maximum Gasteiger partial charge on any atom is 0.0726 e. The second-order valence-electron chi connectivity index (χ2n) is 18.9. The molecule has 11 aromatic rings. The molecule has 0 saturated heterocycles. The van der Waals surface area contributed by atoms with Crippen molar-refractivity contribution in [2.45, 2.75) is 38.5 Å². The first kappa shape index (κ1) is 37.3. The molecule has 0 atom stereocenters. The van der Waals surface area contributed by atoms with E-state index in [0.717, 1.165) is 11.4 Å². The third kappa shape index (κ3) is 5.18. The summed E-state index contributed by atoms with van der Waals surface area (Å²) in [7, 11) is 0. The van der Waals surface area contributed by atoms with Crippen LogP contribution in [0.25, 0.3) is 75.1 Å². The van der Waals surface area contributed by atoms with E-state index < -0.39 is 5.41 Å². The molecule has 13 rings (SSSR count). The van der Waals surface area contributed by atoms with Crippen molar-refractivity contribution in [2.75, 3.05) is 4.90 Å². The number of fused-ring (bicyclic) bond motifs is 16. The average Bonchev–Trinajstić information content (AvgIpc) is 3.96. The molecule has 1 aromatic heterocycles. The van der Waals surface area contributed by atoms with Crippen molar-refractivity contribution in [3.05, 3.63) is 234 Å². The predicted molar refractivity (Wildman–Crippen MR) is 274 cm³/mol. The van der Waals surface area contributed by atoms with Gasteiger partial charge < -0.3 is 4.90 Å². The van der Waals surface area contributed by atoms with Crippen LogP contribution >= 0.6 is 11.3 Å². The van der Waals surface area contributed by atoms with E-state index in [1.54, 1.807) is 0 Å². The molecule has 0 bridgehead atoms. The van der Waals surface area contributed by atoms with Crippen LogP contribution in [-0.2, 0) is 10.8 Å². The van der Waals surface area contributed by atoms with Crippen LogP contribution < -0.4 is 4.90 Å². The standard InChI is InChI=1S/C62H45NS/c1-38-27-28-41-36-56(61(2,3)4)60-58(51(41)35-38)50-22-14-26-57(59(50)64-60)63(42-31-29-40(30-32-42)45-21-13-16-39-15-5-6-17-44(39)45)43-33-34-49-48-20-9-12-25-54(48)62(55(49)37-43)52-23-10-7-18-46(52)47-19-8-11-24-53(47)62/h5-37H,1-4H3. The van der Waals surface area contributed by atoms with Gasteiger partial charge >= 0.3 is 0 Å². The van der Waals surface area contributed by atoms with Gasteiger partial charge in [-0.25, -0.2) is 0 Å². The van der Waals surface area contributed by atoms with Gasteiger partial charge in [0.15, 0.2) is 0 Å². The number of aryl methyl sites for hydroxylation is 1. The van der Waals surface area contributed by atoms with E-state index >= 15 is 0 Å². The van der Waals surface area contributed by atoms with Crippen molar-refractivity contribution >= 4 is 70.1 Å². The normalized spacial score (nSPS) is 13.4. The summed E-state index contributed by atoms with van der Waals surface area (Å²) in [5.41, 5.74) is 18.8. The molecular formula is C62H45NS. The van der Waals surface area contributed by atoms with Gasteiger partial charge in [0, 0.05) is 26.8 Å². The lowest BCUT2D eigenvalue weighted by Crippen LogP contribution is -2.26. The van der Waals surface area contributed by atoms with Crippen molar-refractivity contribution in [1.29, 1.82) is 0 Å². The zero-order chi connectivity index (χ0) is 42.9. The third-order valence-electron chi connectivity index (χ3n) is 14.2. The molecule has 2 aliphatic rings. The van der Waals surface area contributed by atoms with Crippen LogP contribution in [0.3, 0.4) is 0 Å². The Bertz CT molecular complexity index is 3660. The van der Waals surface area contributed by atoms with Crippen LogP contribution in [0, 0.1) is 6.92 Å². The van der Waals surface area contributed by atoms with Crippen molar-refractivity contribution in [3.63, 3.8) is 0 Å². The Kier molecular flexibility index (Phi) is 7.94. The largest absolute Gasteiger partial charge is 0.309 e. The minimum atomic E-state index is -0.443. The van der Waals surface area contributed by atoms with Crippen LogP contribution in [-0.4, -0.2) is 0 Å². The lowest BCUT2D eigenvalue weighted by atomic mass is 9.70. The smallest absolute Gasteiger partial charge is 0.0726 e. The number of rotatable bonds is 4. The van der Waals surface area contributed by atoms with Crippen LogP contribution in [0.4, 0.5) is 17.1 Å². The van der Waals surface area contributed by atoms with Crippen molar-refractivity contribution in [3.8, 4) is 33.4 Å². The Balaban J connectivity index is 1.09. The Hall–Kier alpha value is -7.26. The molecule has 0 fully saturated rings. The number of hydrogen-bond donors (Lipinski definition) is 0. The van der Waals surface area contributed by atoms with Gasteiger partial charge in [-0.3, -0.25) is 0 Å². The quantitative estimate of drug-likeness (QED) is 0.171. The number of nitrogens with zero attached hydrogens (tertiary/aromatic N) is 1. The molecular weight excluding hydrogens is 791 g/mol. The van der Waals surface area contributed by atoms with E-state index in [2.05, 4.69) is 233 Å². The molecule has 0 amide bonds. The SMILES string of the molecule is Cc1ccc2cc(C(C)(C)C)c3sc4c(N(c5ccc(-c6cccc7ccccc67)cc5)c5ccc6c(c5)C5(c7ccccc7-c7ccccc75)c5ccccc5-6)cccc4c3c2c1. The Morgan fingerprint density at radius 3 is 1.70 bits per heavy atom. The summed E-state index contributed by atoms with van der Waals surface area (Å²) in [4.78, 5) is 2.54. The van der Waals surface area contributed by atoms with Crippen molar-refractivity contribution < 1.29 is 0 Å². The Morgan fingerprint density at radius 1 is 0.422 bits per heavy atom. The van der Waals surface area contributed by atoms with Crippen molar-refractivity contribution in [1.82, 2.24) is 0 Å². The van der Waals surface area contributed by atoms with Gasteiger partial charge in [0.1, 0.15) is 0 Å². The molecule has 0 N–H and O–H groups in total. The van der Waals surface area contributed by atoms with E-state index in [1.165, 1.54) is 114 Å². The summed E-state index contributed by atoms with van der Waals surface area (Å²) in [5, 5.41) is 7.81. The van der Waals surface area contributed by atoms with Gasteiger partial charge in [-0.15, -0.1) is 11.3 Å². The highest BCUT2D eigenvalue weighted by Crippen LogP contribution is 2.63. The molecule has 2 aliphatic carbocycles. The summed E-state index contributed by atoms with van der Waals surface area (Å²) in [5.74, 6) is 0. The number of benzene rings is 10. The summed E-state index contributed by atoms with van der Waals surface area (Å²) in [6.07, 6.45) is 0. The molecule has 0 unspecified atom stereocenters. The highest BCUT2D eigenvalue weighted by atomic mass is 32.1. The second kappa shape index (κ2) is 13.6. The van der Waals surface area contributed by atoms with Gasteiger partial charge in [0.2, 0.25) is 0 Å². The molecule has 2 heteroatoms. The molecule has 10 aromatic carbocycles. The lowest BCUT2D eigenvalue weighted by Gasteiger charge is -2.32. The first-order valence-electron chi connectivity index (χ1n) is 22.5. The number of anilines is 3. The average molecular weight is 836 g/mol. The van der Waals surface area contributed by atoms with E-state index in [9.17, 15) is 0 Å². The van der Waals surface area contributed by atoms with Gasteiger partial charge in [0.05, 0.1) is 15.8 Å². The van der Waals surface area contributed by atoms with Crippen LogP contribution in [0.2, 0.25) is 0 Å². The number of thiophene rings is 1. The first-order chi connectivity index (χ1) is 31.3. The summed E-state index contributed by atoms with van der Waals surface area (Å²) in [6, 6.07) is 75.6. The second-order valence-corrected chi connectivity index (χ2v) is 19.9. The monoisotopic (exact) mass is 835 g/mol. The predicted octanol–water partition coefficient (Wildman–Crippen LogP) is 17.4. The minimum absolute atomic E-state index is 0.0351. The minimum Gasteiger partial charge on any atom is -0.309 e. The molecule has 1 heterocycles. The van der Waals surface area contributed by atoms with Crippen LogP contribution in [0.15, 0.2) is 200 Å². The van der Waals surface area contributed by atoms with Gasteiger partial charge in [-0.05, 0) is 131 Å². The molecule has 64 heavy (non-hydrogen) atoms. The molecule has 0 radical (unpaired) electrons. The van der Waals surface area contributed by atoms with Gasteiger partial charge in [-0.2, -0.15) is 0 Å². The fraction of sp³-hybridized carbons (Fsp3) is 0.0968. The molecule has 1 spiro atoms. The Morgan fingerprint density at radius 2 is 1.00 bits per heavy atom. The fourth-order valence-corrected chi connectivity index (χ4v) is 13.0. The van der Waals surface area contributed by atoms with Crippen LogP contribution in [0.1, 0.15) is 54.2 Å².